The second kappa shape index (κ2) is 7.23. The lowest BCUT2D eigenvalue weighted by Gasteiger charge is -2.25. The van der Waals surface area contributed by atoms with E-state index in [2.05, 4.69) is 5.32 Å². The first-order valence-electron chi connectivity index (χ1n) is 8.49. The second-order valence-corrected chi connectivity index (χ2v) is 6.50. The van der Waals surface area contributed by atoms with Crippen molar-refractivity contribution in [2.75, 3.05) is 7.05 Å². The molecule has 7 nitrogen and oxygen atoms in total. The average Bonchev–Trinajstić information content (AvgIpc) is 3.33. The molecule has 2 aliphatic rings. The summed E-state index contributed by atoms with van der Waals surface area (Å²) in [6, 6.07) is 7.33. The maximum atomic E-state index is 12.8. The number of hydrogen-bond donors (Lipinski definition) is 2. The van der Waals surface area contributed by atoms with Crippen LogP contribution in [0.3, 0.4) is 0 Å². The molecule has 134 valence electrons. The molecule has 0 unspecified atom stereocenters. The van der Waals surface area contributed by atoms with Crippen LogP contribution in [-0.2, 0) is 20.9 Å². The summed E-state index contributed by atoms with van der Waals surface area (Å²) in [6.45, 7) is 0.440. The lowest BCUT2D eigenvalue weighted by Crippen LogP contribution is -2.40. The maximum absolute atomic E-state index is 12.8. The van der Waals surface area contributed by atoms with Crippen molar-refractivity contribution >= 4 is 17.8 Å². The zero-order chi connectivity index (χ0) is 18.0. The highest BCUT2D eigenvalue weighted by Gasteiger charge is 2.41. The number of rotatable bonds is 6. The molecule has 7 heteroatoms. The molecule has 1 aliphatic carbocycles. The molecule has 1 saturated carbocycles. The van der Waals surface area contributed by atoms with Crippen LogP contribution in [0.2, 0.25) is 0 Å². The van der Waals surface area contributed by atoms with Gasteiger partial charge in [0.05, 0.1) is 0 Å². The number of carboxylic acids is 1. The molecule has 2 atom stereocenters. The van der Waals surface area contributed by atoms with Crippen LogP contribution in [0.5, 0.6) is 0 Å². The lowest BCUT2D eigenvalue weighted by atomic mass is 10.1. The van der Waals surface area contributed by atoms with Crippen molar-refractivity contribution in [3.63, 3.8) is 0 Å². The number of benzene rings is 1. The quantitative estimate of drug-likeness (QED) is 0.806. The first-order chi connectivity index (χ1) is 12.0. The fourth-order valence-corrected chi connectivity index (χ4v) is 3.06. The van der Waals surface area contributed by atoms with Gasteiger partial charge in [0.2, 0.25) is 0 Å². The van der Waals surface area contributed by atoms with Gasteiger partial charge in [-0.05, 0) is 43.4 Å². The smallest absolute Gasteiger partial charge is 0.332 e. The van der Waals surface area contributed by atoms with Gasteiger partial charge in [-0.15, -0.1) is 0 Å². The Morgan fingerprint density at radius 2 is 1.76 bits per heavy atom. The van der Waals surface area contributed by atoms with Crippen LogP contribution in [-0.4, -0.2) is 53.1 Å². The molecule has 1 aromatic carbocycles. The van der Waals surface area contributed by atoms with Gasteiger partial charge in [0.1, 0.15) is 6.10 Å². The van der Waals surface area contributed by atoms with E-state index in [1.54, 1.807) is 24.1 Å². The van der Waals surface area contributed by atoms with Crippen molar-refractivity contribution in [2.24, 2.45) is 0 Å². The number of hydrogen-bond acceptors (Lipinski definition) is 4. The second-order valence-electron chi connectivity index (χ2n) is 6.50. The molecule has 0 spiro atoms. The number of aliphatic carboxylic acids is 1. The zero-order valence-electron chi connectivity index (χ0n) is 14.1. The van der Waals surface area contributed by atoms with Gasteiger partial charge in [0, 0.05) is 25.2 Å². The minimum Gasteiger partial charge on any atom is -0.479 e. The fraction of sp³-hybridized carbons (Fsp3) is 0.500. The van der Waals surface area contributed by atoms with Crippen LogP contribution in [0.4, 0.5) is 0 Å². The van der Waals surface area contributed by atoms with Gasteiger partial charge in [-0.2, -0.15) is 0 Å². The predicted molar refractivity (Wildman–Crippen MR) is 88.9 cm³/mol. The predicted octanol–water partition coefficient (Wildman–Crippen LogP) is 1.17. The minimum atomic E-state index is -1.02. The van der Waals surface area contributed by atoms with Crippen molar-refractivity contribution in [3.05, 3.63) is 35.4 Å². The summed E-state index contributed by atoms with van der Waals surface area (Å²) < 4.78 is 5.40. The molecule has 1 aromatic rings. The maximum Gasteiger partial charge on any atom is 0.332 e. The molecule has 0 radical (unpaired) electrons. The zero-order valence-corrected chi connectivity index (χ0v) is 14.1. The summed E-state index contributed by atoms with van der Waals surface area (Å²) in [5.74, 6) is -1.31. The number of nitrogens with zero attached hydrogens (tertiary/aromatic N) is 1. The summed E-state index contributed by atoms with van der Waals surface area (Å²) in [7, 11) is 1.58. The molecule has 2 N–H and O–H groups in total. The van der Waals surface area contributed by atoms with Crippen molar-refractivity contribution in [1.29, 1.82) is 0 Å². The van der Waals surface area contributed by atoms with E-state index < -0.39 is 18.2 Å². The number of ether oxygens (including phenoxy) is 1. The topological polar surface area (TPSA) is 95.9 Å². The summed E-state index contributed by atoms with van der Waals surface area (Å²) in [4.78, 5) is 37.1. The van der Waals surface area contributed by atoms with Crippen LogP contribution in [0.25, 0.3) is 0 Å². The van der Waals surface area contributed by atoms with Crippen LogP contribution < -0.4 is 5.32 Å². The average molecular weight is 346 g/mol. The van der Waals surface area contributed by atoms with Crippen molar-refractivity contribution in [3.8, 4) is 0 Å². The molecular weight excluding hydrogens is 324 g/mol. The minimum absolute atomic E-state index is 0.137. The highest BCUT2D eigenvalue weighted by atomic mass is 16.5. The first-order valence-corrected chi connectivity index (χ1v) is 8.49. The van der Waals surface area contributed by atoms with Gasteiger partial charge in [-0.25, -0.2) is 4.79 Å². The van der Waals surface area contributed by atoms with Crippen LogP contribution in [0.15, 0.2) is 24.3 Å². The summed E-state index contributed by atoms with van der Waals surface area (Å²) >= 11 is 0. The molecule has 3 rings (SSSR count). The van der Waals surface area contributed by atoms with E-state index in [9.17, 15) is 14.4 Å². The molecule has 1 heterocycles. The normalized spacial score (nSPS) is 22.4. The summed E-state index contributed by atoms with van der Waals surface area (Å²) in [5.41, 5.74) is 1.50. The van der Waals surface area contributed by atoms with Crippen LogP contribution >= 0.6 is 0 Å². The van der Waals surface area contributed by atoms with Crippen LogP contribution in [0.1, 0.15) is 41.6 Å². The van der Waals surface area contributed by atoms with Gasteiger partial charge >= 0.3 is 5.97 Å². The highest BCUT2D eigenvalue weighted by Crippen LogP contribution is 2.31. The van der Waals surface area contributed by atoms with Crippen LogP contribution in [0, 0.1) is 0 Å². The molecule has 2 amide bonds. The standard InChI is InChI=1S/C18H22N2O5/c1-19-16(21)12-4-2-11(3-5-12)10-20(13-6-7-13)17(22)14-8-9-15(25-14)18(23)24/h2-5,13-15H,6-10H2,1H3,(H,19,21)(H,23,24)/t14-,15+/m1/s1. The third kappa shape index (κ3) is 3.99. The third-order valence-electron chi connectivity index (χ3n) is 4.64. The Hall–Kier alpha value is -2.41. The van der Waals surface area contributed by atoms with Gasteiger partial charge < -0.3 is 20.1 Å². The van der Waals surface area contributed by atoms with E-state index in [4.69, 9.17) is 9.84 Å². The number of carbonyl (C=O) groups excluding carboxylic acids is 2. The molecule has 0 aromatic heterocycles. The molecule has 1 saturated heterocycles. The lowest BCUT2D eigenvalue weighted by molar-refractivity contribution is -0.155. The van der Waals surface area contributed by atoms with E-state index in [1.165, 1.54) is 0 Å². The monoisotopic (exact) mass is 346 g/mol. The number of carbonyl (C=O) groups is 3. The summed E-state index contributed by atoms with van der Waals surface area (Å²) in [6.07, 6.45) is 1.15. The summed E-state index contributed by atoms with van der Waals surface area (Å²) in [5, 5.41) is 11.6. The van der Waals surface area contributed by atoms with E-state index in [-0.39, 0.29) is 17.9 Å². The van der Waals surface area contributed by atoms with E-state index in [0.29, 0.717) is 24.9 Å². The number of carboxylic acid groups (broad SMARTS) is 1. The van der Waals surface area contributed by atoms with Gasteiger partial charge in [0.15, 0.2) is 6.10 Å². The van der Waals surface area contributed by atoms with Gasteiger partial charge in [-0.1, -0.05) is 12.1 Å². The Morgan fingerprint density at radius 3 is 2.28 bits per heavy atom. The Bertz CT molecular complexity index is 669. The largest absolute Gasteiger partial charge is 0.479 e. The Labute approximate surface area is 146 Å². The Balaban J connectivity index is 1.66. The fourth-order valence-electron chi connectivity index (χ4n) is 3.06. The van der Waals surface area contributed by atoms with E-state index >= 15 is 0 Å². The molecule has 1 aliphatic heterocycles. The number of nitrogens with one attached hydrogen (secondary N) is 1. The highest BCUT2D eigenvalue weighted by molar-refractivity contribution is 5.94. The Morgan fingerprint density at radius 1 is 1.12 bits per heavy atom. The molecule has 0 bridgehead atoms. The van der Waals surface area contributed by atoms with E-state index in [0.717, 1.165) is 18.4 Å². The molecule has 25 heavy (non-hydrogen) atoms. The third-order valence-corrected chi connectivity index (χ3v) is 4.64. The molecule has 2 fully saturated rings. The van der Waals surface area contributed by atoms with Gasteiger partial charge in [-0.3, -0.25) is 9.59 Å². The van der Waals surface area contributed by atoms with Crippen molar-refractivity contribution in [2.45, 2.75) is 50.5 Å². The first kappa shape index (κ1) is 17.4. The van der Waals surface area contributed by atoms with E-state index in [1.807, 2.05) is 12.1 Å². The van der Waals surface area contributed by atoms with Crippen molar-refractivity contribution < 1.29 is 24.2 Å². The SMILES string of the molecule is CNC(=O)c1ccc(CN(C(=O)[C@H]2CC[C@@H](C(=O)O)O2)C2CC2)cc1. The Kier molecular flexibility index (Phi) is 5.03. The number of amides is 2. The van der Waals surface area contributed by atoms with Gasteiger partial charge in [0.25, 0.3) is 11.8 Å². The molecular formula is C18H22N2O5. The van der Waals surface area contributed by atoms with Crippen molar-refractivity contribution in [1.82, 2.24) is 10.2 Å².